The minimum Gasteiger partial charge on any atom is -0.300 e. The molecule has 8 heteroatoms. The van der Waals surface area contributed by atoms with Crippen molar-refractivity contribution in [3.05, 3.63) is 22.4 Å². The molecule has 0 spiro atoms. The Morgan fingerprint density at radius 3 is 2.22 bits per heavy atom. The van der Waals surface area contributed by atoms with Crippen LogP contribution in [0, 0.1) is 5.92 Å². The number of amides is 2. The Labute approximate surface area is 170 Å². The monoisotopic (exact) mass is 408 g/mol. The molecular formula is C19H28N4O2S2. The van der Waals surface area contributed by atoms with Crippen LogP contribution in [0.25, 0.3) is 0 Å². The number of thiocarbonyl (C=S) groups is 1. The summed E-state index contributed by atoms with van der Waals surface area (Å²) in [5, 5.41) is 2.34. The van der Waals surface area contributed by atoms with E-state index in [9.17, 15) is 9.59 Å². The third-order valence-corrected chi connectivity index (χ3v) is 6.19. The van der Waals surface area contributed by atoms with Gasteiger partial charge in [0.2, 0.25) is 11.8 Å². The van der Waals surface area contributed by atoms with E-state index in [1.165, 1.54) is 14.7 Å². The maximum Gasteiger partial charge on any atom is 0.247 e. The number of nitrogens with zero attached hydrogens (tertiary/aromatic N) is 4. The zero-order valence-electron chi connectivity index (χ0n) is 16.6. The number of thiophene rings is 1. The lowest BCUT2D eigenvalue weighted by atomic mass is 9.95. The van der Waals surface area contributed by atoms with Gasteiger partial charge >= 0.3 is 0 Å². The highest BCUT2D eigenvalue weighted by Gasteiger charge is 2.44. The lowest BCUT2D eigenvalue weighted by Gasteiger charge is -2.38. The zero-order chi connectivity index (χ0) is 20.1. The predicted octanol–water partition coefficient (Wildman–Crippen LogP) is 2.81. The van der Waals surface area contributed by atoms with Gasteiger partial charge in [0, 0.05) is 23.7 Å². The first kappa shape index (κ1) is 21.7. The molecule has 0 radical (unpaired) electrons. The number of likely N-dealkylation sites (N-methyl/N-ethyl adjacent to an activating group) is 1. The summed E-state index contributed by atoms with van der Waals surface area (Å²) in [5.41, 5.74) is 0.632. The maximum atomic E-state index is 12.9. The molecule has 1 aromatic rings. The van der Waals surface area contributed by atoms with Crippen LogP contribution in [0.5, 0.6) is 0 Å². The highest BCUT2D eigenvalue weighted by Crippen LogP contribution is 2.25. The fourth-order valence-electron chi connectivity index (χ4n) is 3.22. The van der Waals surface area contributed by atoms with Crippen LogP contribution in [0.15, 0.2) is 22.5 Å². The lowest BCUT2D eigenvalue weighted by Crippen LogP contribution is -2.61. The summed E-state index contributed by atoms with van der Waals surface area (Å²) in [5.74, 6) is -1.38. The largest absolute Gasteiger partial charge is 0.300 e. The molecule has 2 amide bonds. The molecule has 1 aromatic heterocycles. The van der Waals surface area contributed by atoms with Gasteiger partial charge < -0.3 is 4.90 Å². The van der Waals surface area contributed by atoms with Crippen molar-refractivity contribution in [2.24, 2.45) is 10.9 Å². The molecule has 0 aromatic carbocycles. The fraction of sp³-hybridized carbons (Fsp3) is 0.579. The Balaban J connectivity index is 2.33. The Morgan fingerprint density at radius 1 is 1.22 bits per heavy atom. The highest BCUT2D eigenvalue weighted by atomic mass is 32.1. The summed E-state index contributed by atoms with van der Waals surface area (Å²) in [7, 11) is 4.02. The van der Waals surface area contributed by atoms with Gasteiger partial charge in [-0.3, -0.25) is 24.4 Å². The summed E-state index contributed by atoms with van der Waals surface area (Å²) < 4.78 is 0. The molecule has 6 nitrogen and oxygen atoms in total. The Kier molecular flexibility index (Phi) is 7.64. The van der Waals surface area contributed by atoms with Crippen LogP contribution in [-0.4, -0.2) is 71.1 Å². The number of rotatable bonds is 8. The first-order valence-corrected chi connectivity index (χ1v) is 10.6. The standard InChI is InChI=1S/C19H28N4O2S2/c1-6-13(20-12-14(21(4)5)15-10-9-11-27-15)16-17(24)22(7-2)19(26)23(8-3)18(16)25/h9-11,14,16H,6-8,12H2,1-5H3/t14-/m0/s1. The van der Waals surface area contributed by atoms with E-state index in [-0.39, 0.29) is 17.9 Å². The van der Waals surface area contributed by atoms with Crippen molar-refractivity contribution in [1.82, 2.24) is 14.7 Å². The Bertz CT molecular complexity index is 689. The van der Waals surface area contributed by atoms with Crippen molar-refractivity contribution in [3.63, 3.8) is 0 Å². The molecule has 27 heavy (non-hydrogen) atoms. The molecular weight excluding hydrogens is 380 g/mol. The average molecular weight is 409 g/mol. The molecule has 1 saturated heterocycles. The van der Waals surface area contributed by atoms with E-state index in [1.807, 2.05) is 46.3 Å². The molecule has 0 N–H and O–H groups in total. The van der Waals surface area contributed by atoms with Crippen molar-refractivity contribution in [2.75, 3.05) is 33.7 Å². The lowest BCUT2D eigenvalue weighted by molar-refractivity contribution is -0.143. The smallest absolute Gasteiger partial charge is 0.247 e. The van der Waals surface area contributed by atoms with E-state index in [0.717, 1.165) is 0 Å². The Morgan fingerprint density at radius 2 is 1.81 bits per heavy atom. The van der Waals surface area contributed by atoms with Crippen LogP contribution in [0.4, 0.5) is 0 Å². The third kappa shape index (κ3) is 4.44. The molecule has 148 valence electrons. The molecule has 0 aliphatic carbocycles. The molecule has 1 atom stereocenters. The number of aliphatic imine (C=N–C) groups is 1. The SMILES string of the molecule is CCC(=NC[C@@H](c1cccs1)N(C)C)C1C(=O)N(CC)C(=S)N(CC)C1=O. The van der Waals surface area contributed by atoms with Gasteiger partial charge in [-0.05, 0) is 58.0 Å². The van der Waals surface area contributed by atoms with Gasteiger partial charge in [-0.1, -0.05) is 13.0 Å². The molecule has 2 rings (SSSR count). The van der Waals surface area contributed by atoms with Crippen LogP contribution in [0.3, 0.4) is 0 Å². The van der Waals surface area contributed by atoms with Gasteiger partial charge in [0.1, 0.15) is 0 Å². The minimum atomic E-state index is -0.868. The number of carbonyl (C=O) groups excluding carboxylic acids is 2. The first-order chi connectivity index (χ1) is 12.9. The molecule has 1 aliphatic rings. The molecule has 2 heterocycles. The molecule has 0 unspecified atom stereocenters. The molecule has 1 fully saturated rings. The normalized spacial score (nSPS) is 18.0. The van der Waals surface area contributed by atoms with Crippen molar-refractivity contribution < 1.29 is 9.59 Å². The maximum absolute atomic E-state index is 12.9. The van der Waals surface area contributed by atoms with Crippen LogP contribution < -0.4 is 0 Å². The second kappa shape index (κ2) is 9.52. The Hall–Kier alpha value is -1.64. The van der Waals surface area contributed by atoms with E-state index in [2.05, 4.69) is 11.0 Å². The minimum absolute atomic E-state index is 0.117. The second-order valence-electron chi connectivity index (χ2n) is 6.56. The summed E-state index contributed by atoms with van der Waals surface area (Å²) in [6, 6.07) is 4.23. The zero-order valence-corrected chi connectivity index (χ0v) is 18.3. The summed E-state index contributed by atoms with van der Waals surface area (Å²) in [4.78, 5) is 37.0. The first-order valence-electron chi connectivity index (χ1n) is 9.26. The van der Waals surface area contributed by atoms with E-state index >= 15 is 0 Å². The van der Waals surface area contributed by atoms with E-state index in [1.54, 1.807) is 11.3 Å². The van der Waals surface area contributed by atoms with Crippen molar-refractivity contribution in [2.45, 2.75) is 33.2 Å². The third-order valence-electron chi connectivity index (χ3n) is 4.78. The topological polar surface area (TPSA) is 56.2 Å². The predicted molar refractivity (Wildman–Crippen MR) is 114 cm³/mol. The van der Waals surface area contributed by atoms with Gasteiger partial charge in [0.25, 0.3) is 0 Å². The van der Waals surface area contributed by atoms with Gasteiger partial charge in [-0.15, -0.1) is 11.3 Å². The van der Waals surface area contributed by atoms with Crippen LogP contribution in [-0.2, 0) is 9.59 Å². The summed E-state index contributed by atoms with van der Waals surface area (Å²) in [6.45, 7) is 7.08. The quantitative estimate of drug-likeness (QED) is 0.377. The van der Waals surface area contributed by atoms with E-state index in [4.69, 9.17) is 17.2 Å². The molecule has 0 saturated carbocycles. The van der Waals surface area contributed by atoms with E-state index in [0.29, 0.717) is 36.9 Å². The molecule has 0 bridgehead atoms. The van der Waals surface area contributed by atoms with E-state index < -0.39 is 5.92 Å². The van der Waals surface area contributed by atoms with Crippen LogP contribution in [0.1, 0.15) is 38.1 Å². The van der Waals surface area contributed by atoms with Gasteiger partial charge in [0.15, 0.2) is 11.0 Å². The van der Waals surface area contributed by atoms with Crippen molar-refractivity contribution in [3.8, 4) is 0 Å². The van der Waals surface area contributed by atoms with Crippen LogP contribution in [0.2, 0.25) is 0 Å². The number of carbonyl (C=O) groups is 2. The average Bonchev–Trinajstić information content (AvgIpc) is 3.15. The number of hydrogen-bond acceptors (Lipinski definition) is 6. The second-order valence-corrected chi connectivity index (χ2v) is 7.91. The van der Waals surface area contributed by atoms with Crippen molar-refractivity contribution >= 4 is 46.2 Å². The van der Waals surface area contributed by atoms with Crippen molar-refractivity contribution in [1.29, 1.82) is 0 Å². The van der Waals surface area contributed by atoms with Gasteiger partial charge in [0.05, 0.1) is 12.6 Å². The summed E-state index contributed by atoms with van der Waals surface area (Å²) in [6.07, 6.45) is 0.550. The number of hydrogen-bond donors (Lipinski definition) is 0. The van der Waals surface area contributed by atoms with Gasteiger partial charge in [-0.2, -0.15) is 0 Å². The van der Waals surface area contributed by atoms with Gasteiger partial charge in [-0.25, -0.2) is 0 Å². The highest BCUT2D eigenvalue weighted by molar-refractivity contribution is 7.80. The molecule has 1 aliphatic heterocycles. The fourth-order valence-corrected chi connectivity index (χ4v) is 4.57. The summed E-state index contributed by atoms with van der Waals surface area (Å²) >= 11 is 7.02. The van der Waals surface area contributed by atoms with Crippen LogP contribution >= 0.6 is 23.6 Å².